The summed E-state index contributed by atoms with van der Waals surface area (Å²) in [6.07, 6.45) is 1.65. The minimum absolute atomic E-state index is 0.248. The molecule has 0 aliphatic rings. The van der Waals surface area contributed by atoms with Crippen LogP contribution in [0.15, 0.2) is 78.9 Å². The summed E-state index contributed by atoms with van der Waals surface area (Å²) in [4.78, 5) is 11.6. The van der Waals surface area contributed by atoms with E-state index in [1.807, 2.05) is 66.7 Å². The van der Waals surface area contributed by atoms with Gasteiger partial charge in [-0.3, -0.25) is 0 Å². The van der Waals surface area contributed by atoms with Gasteiger partial charge in [0.15, 0.2) is 0 Å². The van der Waals surface area contributed by atoms with Crippen LogP contribution in [0, 0.1) is 0 Å². The quantitative estimate of drug-likeness (QED) is 0.461. The molecule has 0 saturated carbocycles. The zero-order chi connectivity index (χ0) is 18.4. The van der Waals surface area contributed by atoms with Gasteiger partial charge in [0.2, 0.25) is 0 Å². The lowest BCUT2D eigenvalue weighted by Gasteiger charge is -2.07. The van der Waals surface area contributed by atoms with Gasteiger partial charge in [-0.2, -0.15) is 0 Å². The Labute approximate surface area is 157 Å². The summed E-state index contributed by atoms with van der Waals surface area (Å²) in [6.45, 7) is 0.417. The number of carbonyl (C=O) groups is 1. The second-order valence-electron chi connectivity index (χ2n) is 5.72. The lowest BCUT2D eigenvalue weighted by Crippen LogP contribution is -1.99. The van der Waals surface area contributed by atoms with Crippen molar-refractivity contribution < 1.29 is 14.6 Å². The molecular weight excluding hydrogens is 348 g/mol. The van der Waals surface area contributed by atoms with Crippen molar-refractivity contribution in [2.75, 3.05) is 0 Å². The van der Waals surface area contributed by atoms with Crippen molar-refractivity contribution in [1.82, 2.24) is 0 Å². The fraction of sp³-hybridized carbons (Fsp3) is 0.0455. The van der Waals surface area contributed by atoms with Crippen LogP contribution >= 0.6 is 11.6 Å². The van der Waals surface area contributed by atoms with Gasteiger partial charge in [0.1, 0.15) is 12.4 Å². The van der Waals surface area contributed by atoms with Gasteiger partial charge in [-0.15, -0.1) is 0 Å². The summed E-state index contributed by atoms with van der Waals surface area (Å²) in [5.74, 6) is -0.254. The maximum Gasteiger partial charge on any atom is 0.336 e. The van der Waals surface area contributed by atoms with Crippen LogP contribution in [0.3, 0.4) is 0 Å². The van der Waals surface area contributed by atoms with Gasteiger partial charge < -0.3 is 9.84 Å². The molecule has 3 aromatic rings. The van der Waals surface area contributed by atoms with Crippen LogP contribution in [0.5, 0.6) is 5.75 Å². The Balaban J connectivity index is 1.73. The molecule has 0 aliphatic carbocycles. The molecule has 0 unspecified atom stereocenters. The standard InChI is InChI=1S/C22H17ClO3/c23-19-8-4-5-17(13-19)15-26-20-11-9-16(10-12-20)14-21(22(24)25)18-6-2-1-3-7-18/h1-14H,15H2,(H,24,25)/b21-14-. The van der Waals surface area contributed by atoms with Crippen molar-refractivity contribution >= 4 is 29.2 Å². The molecule has 3 nitrogen and oxygen atoms in total. The van der Waals surface area contributed by atoms with E-state index in [-0.39, 0.29) is 5.57 Å². The van der Waals surface area contributed by atoms with Crippen LogP contribution in [-0.4, -0.2) is 11.1 Å². The Hall–Kier alpha value is -3.04. The number of carboxylic acids is 1. The zero-order valence-electron chi connectivity index (χ0n) is 13.9. The van der Waals surface area contributed by atoms with E-state index in [2.05, 4.69) is 0 Å². The summed E-state index contributed by atoms with van der Waals surface area (Å²) in [5, 5.41) is 10.1. The molecule has 3 aromatic carbocycles. The van der Waals surface area contributed by atoms with E-state index in [1.165, 1.54) is 0 Å². The first kappa shape index (κ1) is 17.8. The normalized spacial score (nSPS) is 11.2. The van der Waals surface area contributed by atoms with Gasteiger partial charge in [0, 0.05) is 5.02 Å². The number of hydrogen-bond acceptors (Lipinski definition) is 2. The number of benzene rings is 3. The molecule has 4 heteroatoms. The summed E-state index contributed by atoms with van der Waals surface area (Å²) in [6, 6.07) is 23.9. The Kier molecular flexibility index (Phi) is 5.72. The second-order valence-corrected chi connectivity index (χ2v) is 6.15. The van der Waals surface area contributed by atoms with Crippen molar-refractivity contribution in [2.45, 2.75) is 6.61 Å². The predicted molar refractivity (Wildman–Crippen MR) is 104 cm³/mol. The minimum atomic E-state index is -0.961. The average Bonchev–Trinajstić information content (AvgIpc) is 2.66. The van der Waals surface area contributed by atoms with Crippen molar-refractivity contribution in [3.05, 3.63) is 101 Å². The molecular formula is C22H17ClO3. The van der Waals surface area contributed by atoms with Crippen molar-refractivity contribution in [1.29, 1.82) is 0 Å². The zero-order valence-corrected chi connectivity index (χ0v) is 14.7. The number of ether oxygens (including phenoxy) is 1. The predicted octanol–water partition coefficient (Wildman–Crippen LogP) is 5.54. The highest BCUT2D eigenvalue weighted by Gasteiger charge is 2.09. The summed E-state index contributed by atoms with van der Waals surface area (Å²) in [7, 11) is 0. The van der Waals surface area contributed by atoms with Crippen LogP contribution < -0.4 is 4.74 Å². The highest BCUT2D eigenvalue weighted by Crippen LogP contribution is 2.21. The van der Waals surface area contributed by atoms with Crippen LogP contribution in [0.2, 0.25) is 5.02 Å². The molecule has 0 amide bonds. The monoisotopic (exact) mass is 364 g/mol. The van der Waals surface area contributed by atoms with Gasteiger partial charge >= 0.3 is 5.97 Å². The first-order valence-electron chi connectivity index (χ1n) is 8.09. The maximum atomic E-state index is 11.6. The Morgan fingerprint density at radius 3 is 2.35 bits per heavy atom. The summed E-state index contributed by atoms with van der Waals surface area (Å²) >= 11 is 5.96. The molecule has 0 spiro atoms. The van der Waals surface area contributed by atoms with E-state index >= 15 is 0 Å². The van der Waals surface area contributed by atoms with Crippen molar-refractivity contribution in [2.24, 2.45) is 0 Å². The van der Waals surface area contributed by atoms with Gasteiger partial charge in [0.25, 0.3) is 0 Å². The third kappa shape index (κ3) is 4.74. The minimum Gasteiger partial charge on any atom is -0.489 e. The topological polar surface area (TPSA) is 46.5 Å². The average molecular weight is 365 g/mol. The largest absolute Gasteiger partial charge is 0.489 e. The highest BCUT2D eigenvalue weighted by molar-refractivity contribution is 6.30. The van der Waals surface area contributed by atoms with Gasteiger partial charge in [-0.1, -0.05) is 66.2 Å². The number of aliphatic carboxylic acids is 1. The molecule has 1 N–H and O–H groups in total. The fourth-order valence-electron chi connectivity index (χ4n) is 2.51. The van der Waals surface area contributed by atoms with Crippen LogP contribution in [0.4, 0.5) is 0 Å². The molecule has 0 saturated heterocycles. The summed E-state index contributed by atoms with van der Waals surface area (Å²) < 4.78 is 5.74. The molecule has 0 atom stereocenters. The maximum absolute atomic E-state index is 11.6. The van der Waals surface area contributed by atoms with Gasteiger partial charge in [-0.05, 0) is 47.0 Å². The first-order valence-corrected chi connectivity index (χ1v) is 8.47. The van der Waals surface area contributed by atoms with E-state index in [1.54, 1.807) is 18.2 Å². The van der Waals surface area contributed by atoms with Crippen LogP contribution in [-0.2, 0) is 11.4 Å². The number of halogens is 1. The third-order valence-electron chi connectivity index (χ3n) is 3.80. The molecule has 26 heavy (non-hydrogen) atoms. The van der Waals surface area contributed by atoms with E-state index < -0.39 is 5.97 Å². The lowest BCUT2D eigenvalue weighted by molar-refractivity contribution is -0.130. The number of carboxylic acid groups (broad SMARTS) is 1. The number of hydrogen-bond donors (Lipinski definition) is 1. The van der Waals surface area contributed by atoms with Crippen LogP contribution in [0.1, 0.15) is 16.7 Å². The van der Waals surface area contributed by atoms with Gasteiger partial charge in [0.05, 0.1) is 5.57 Å². The van der Waals surface area contributed by atoms with E-state index in [9.17, 15) is 9.90 Å². The van der Waals surface area contributed by atoms with E-state index in [4.69, 9.17) is 16.3 Å². The summed E-state index contributed by atoms with van der Waals surface area (Å²) in [5.41, 5.74) is 2.69. The Bertz CT molecular complexity index is 916. The van der Waals surface area contributed by atoms with Gasteiger partial charge in [-0.25, -0.2) is 4.79 Å². The Morgan fingerprint density at radius 2 is 1.69 bits per heavy atom. The smallest absolute Gasteiger partial charge is 0.336 e. The molecule has 3 rings (SSSR count). The van der Waals surface area contributed by atoms with Crippen molar-refractivity contribution in [3.8, 4) is 5.75 Å². The molecule has 0 aliphatic heterocycles. The fourth-order valence-corrected chi connectivity index (χ4v) is 2.72. The number of rotatable bonds is 6. The van der Waals surface area contributed by atoms with Crippen LogP contribution in [0.25, 0.3) is 11.6 Å². The van der Waals surface area contributed by atoms with E-state index in [0.29, 0.717) is 22.9 Å². The molecule has 0 fully saturated rings. The second kappa shape index (κ2) is 8.37. The molecule has 0 bridgehead atoms. The lowest BCUT2D eigenvalue weighted by atomic mass is 10.0. The van der Waals surface area contributed by atoms with E-state index in [0.717, 1.165) is 11.1 Å². The molecule has 0 radical (unpaired) electrons. The van der Waals surface area contributed by atoms with Crippen molar-refractivity contribution in [3.63, 3.8) is 0 Å². The SMILES string of the molecule is O=C(O)/C(=C\c1ccc(OCc2cccc(Cl)c2)cc1)c1ccccc1. The highest BCUT2D eigenvalue weighted by atomic mass is 35.5. The third-order valence-corrected chi connectivity index (χ3v) is 4.04. The molecule has 0 aromatic heterocycles. The first-order chi connectivity index (χ1) is 12.6. The Morgan fingerprint density at radius 1 is 0.962 bits per heavy atom. The molecule has 0 heterocycles. The molecule has 130 valence electrons.